The Morgan fingerprint density at radius 3 is 2.72 bits per heavy atom. The van der Waals surface area contributed by atoms with Gasteiger partial charge in [-0.2, -0.15) is 0 Å². The molecule has 2 aromatic heterocycles. The molecule has 2 heterocycles. The molecule has 0 atom stereocenters. The molecule has 0 unspecified atom stereocenters. The van der Waals surface area contributed by atoms with Crippen LogP contribution in [-0.2, 0) is 0 Å². The van der Waals surface area contributed by atoms with Crippen LogP contribution in [-0.4, -0.2) is 48.1 Å². The Bertz CT molecular complexity index is 1150. The van der Waals surface area contributed by atoms with Crippen LogP contribution in [0.3, 0.4) is 0 Å². The Morgan fingerprint density at radius 2 is 1.97 bits per heavy atom. The minimum atomic E-state index is -0.334. The van der Waals surface area contributed by atoms with Crippen LogP contribution >= 0.6 is 0 Å². The van der Waals surface area contributed by atoms with Crippen LogP contribution in [0.1, 0.15) is 10.4 Å². The number of aromatic nitrogens is 2. The molecule has 0 aliphatic carbocycles. The minimum Gasteiger partial charge on any atom is -0.444 e. The van der Waals surface area contributed by atoms with Crippen molar-refractivity contribution in [2.24, 2.45) is 0 Å². The molecule has 29 heavy (non-hydrogen) atoms. The fourth-order valence-corrected chi connectivity index (χ4v) is 2.87. The van der Waals surface area contributed by atoms with Crippen molar-refractivity contribution in [3.63, 3.8) is 0 Å². The van der Waals surface area contributed by atoms with Crippen LogP contribution in [0.25, 0.3) is 33.8 Å². The molecule has 0 saturated heterocycles. The normalized spacial score (nSPS) is 11.3. The number of carbonyl (C=O) groups is 1. The largest absolute Gasteiger partial charge is 0.444 e. The summed E-state index contributed by atoms with van der Waals surface area (Å²) in [6, 6.07) is 11.0. The van der Waals surface area contributed by atoms with Gasteiger partial charge in [-0.1, -0.05) is 5.16 Å². The van der Waals surface area contributed by atoms with Crippen molar-refractivity contribution >= 4 is 16.9 Å². The van der Waals surface area contributed by atoms with Crippen LogP contribution in [0.4, 0.5) is 4.39 Å². The first-order valence-corrected chi connectivity index (χ1v) is 9.05. The van der Waals surface area contributed by atoms with E-state index in [0.29, 0.717) is 45.9 Å². The van der Waals surface area contributed by atoms with Gasteiger partial charge in [0.1, 0.15) is 23.5 Å². The molecule has 0 fully saturated rings. The van der Waals surface area contributed by atoms with Gasteiger partial charge in [-0.15, -0.1) is 0 Å². The second-order valence-corrected chi connectivity index (χ2v) is 6.85. The topological polar surface area (TPSA) is 84.4 Å². The molecule has 4 rings (SSSR count). The molecule has 0 aliphatic rings. The van der Waals surface area contributed by atoms with Gasteiger partial charge in [0.2, 0.25) is 5.89 Å². The highest BCUT2D eigenvalue weighted by molar-refractivity contribution is 6.00. The van der Waals surface area contributed by atoms with Crippen LogP contribution in [0, 0.1) is 5.82 Å². The van der Waals surface area contributed by atoms with Gasteiger partial charge in [-0.25, -0.2) is 9.37 Å². The average molecular weight is 394 g/mol. The Kier molecular flexibility index (Phi) is 5.09. The fraction of sp³-hybridized carbons (Fsp3) is 0.190. The summed E-state index contributed by atoms with van der Waals surface area (Å²) in [5.41, 5.74) is 2.62. The molecule has 0 saturated carbocycles. The molecule has 0 bridgehead atoms. The first-order valence-electron chi connectivity index (χ1n) is 9.05. The Morgan fingerprint density at radius 1 is 1.17 bits per heavy atom. The zero-order chi connectivity index (χ0) is 20.4. The van der Waals surface area contributed by atoms with Crippen LogP contribution < -0.4 is 5.32 Å². The van der Waals surface area contributed by atoms with Gasteiger partial charge < -0.3 is 19.2 Å². The maximum absolute atomic E-state index is 13.1. The summed E-state index contributed by atoms with van der Waals surface area (Å²) in [5.74, 6) is -0.166. The molecule has 1 N–H and O–H groups in total. The van der Waals surface area contributed by atoms with E-state index in [4.69, 9.17) is 8.94 Å². The van der Waals surface area contributed by atoms with E-state index in [-0.39, 0.29) is 11.7 Å². The maximum Gasteiger partial charge on any atom is 0.251 e. The zero-order valence-electron chi connectivity index (χ0n) is 16.0. The van der Waals surface area contributed by atoms with E-state index in [0.717, 1.165) is 6.54 Å². The molecule has 0 radical (unpaired) electrons. The molecule has 8 heteroatoms. The second kappa shape index (κ2) is 7.84. The van der Waals surface area contributed by atoms with E-state index in [2.05, 4.69) is 15.5 Å². The maximum atomic E-state index is 13.1. The lowest BCUT2D eigenvalue weighted by Crippen LogP contribution is -2.31. The minimum absolute atomic E-state index is 0.173. The standard InChI is InChI=1S/C21H19FN4O3/c1-26(2)10-9-23-20(27)14-5-8-18-16(11-14)19(25-29-18)17-12-28-21(24-17)13-3-6-15(22)7-4-13/h3-8,11-12H,9-10H2,1-2H3,(H,23,27). The van der Waals surface area contributed by atoms with Crippen molar-refractivity contribution in [3.05, 3.63) is 60.1 Å². The number of benzene rings is 2. The zero-order valence-corrected chi connectivity index (χ0v) is 16.0. The van der Waals surface area contributed by atoms with Crippen LogP contribution in [0.2, 0.25) is 0 Å². The van der Waals surface area contributed by atoms with Crippen molar-refractivity contribution in [2.45, 2.75) is 0 Å². The Labute approximate surface area is 166 Å². The lowest BCUT2D eigenvalue weighted by molar-refractivity contribution is 0.0951. The number of halogens is 1. The third kappa shape index (κ3) is 4.02. The van der Waals surface area contributed by atoms with E-state index in [1.807, 2.05) is 19.0 Å². The first-order chi connectivity index (χ1) is 14.0. The highest BCUT2D eigenvalue weighted by Crippen LogP contribution is 2.30. The summed E-state index contributed by atoms with van der Waals surface area (Å²) in [4.78, 5) is 18.8. The summed E-state index contributed by atoms with van der Waals surface area (Å²) in [6.07, 6.45) is 1.46. The van der Waals surface area contributed by atoms with Gasteiger partial charge in [0.15, 0.2) is 5.58 Å². The summed E-state index contributed by atoms with van der Waals surface area (Å²) in [7, 11) is 3.89. The number of hydrogen-bond acceptors (Lipinski definition) is 6. The van der Waals surface area contributed by atoms with Crippen LogP contribution in [0.15, 0.2) is 57.7 Å². The number of nitrogens with zero attached hydrogens (tertiary/aromatic N) is 3. The Balaban J connectivity index is 1.61. The van der Waals surface area contributed by atoms with Gasteiger partial charge in [0.05, 0.1) is 5.39 Å². The van der Waals surface area contributed by atoms with E-state index in [1.165, 1.54) is 18.4 Å². The number of hydrogen-bond donors (Lipinski definition) is 1. The predicted molar refractivity (Wildman–Crippen MR) is 106 cm³/mol. The van der Waals surface area contributed by atoms with Crippen molar-refractivity contribution < 1.29 is 18.1 Å². The third-order valence-corrected chi connectivity index (χ3v) is 4.41. The van der Waals surface area contributed by atoms with Gasteiger partial charge in [0.25, 0.3) is 5.91 Å². The van der Waals surface area contributed by atoms with Crippen LogP contribution in [0.5, 0.6) is 0 Å². The van der Waals surface area contributed by atoms with Gasteiger partial charge in [0, 0.05) is 24.2 Å². The predicted octanol–water partition coefficient (Wildman–Crippen LogP) is 3.58. The molecule has 148 valence electrons. The average Bonchev–Trinajstić information content (AvgIpc) is 3.34. The molecule has 0 aliphatic heterocycles. The number of nitrogens with one attached hydrogen (secondary N) is 1. The summed E-state index contributed by atoms with van der Waals surface area (Å²) < 4.78 is 24.0. The summed E-state index contributed by atoms with van der Waals surface area (Å²) in [6.45, 7) is 1.29. The van der Waals surface area contributed by atoms with Gasteiger partial charge in [-0.3, -0.25) is 4.79 Å². The number of rotatable bonds is 6. The first kappa shape index (κ1) is 18.8. The second-order valence-electron chi connectivity index (χ2n) is 6.85. The molecule has 2 aromatic carbocycles. The van der Waals surface area contributed by atoms with Crippen molar-refractivity contribution in [1.29, 1.82) is 0 Å². The number of oxazole rings is 1. The number of fused-ring (bicyclic) bond motifs is 1. The van der Waals surface area contributed by atoms with E-state index in [9.17, 15) is 9.18 Å². The Hall–Kier alpha value is -3.52. The van der Waals surface area contributed by atoms with Crippen molar-refractivity contribution in [3.8, 4) is 22.8 Å². The molecular weight excluding hydrogens is 375 g/mol. The molecule has 4 aromatic rings. The summed E-state index contributed by atoms with van der Waals surface area (Å²) >= 11 is 0. The lowest BCUT2D eigenvalue weighted by Gasteiger charge is -2.10. The number of carbonyl (C=O) groups excluding carboxylic acids is 1. The molecular formula is C21H19FN4O3. The fourth-order valence-electron chi connectivity index (χ4n) is 2.87. The van der Waals surface area contributed by atoms with Crippen molar-refractivity contribution in [2.75, 3.05) is 27.2 Å². The highest BCUT2D eigenvalue weighted by atomic mass is 19.1. The third-order valence-electron chi connectivity index (χ3n) is 4.41. The molecule has 7 nitrogen and oxygen atoms in total. The number of amides is 1. The van der Waals surface area contributed by atoms with E-state index in [1.54, 1.807) is 30.3 Å². The highest BCUT2D eigenvalue weighted by Gasteiger charge is 2.17. The quantitative estimate of drug-likeness (QED) is 0.538. The molecule has 1 amide bonds. The molecule has 0 spiro atoms. The smallest absolute Gasteiger partial charge is 0.251 e. The van der Waals surface area contributed by atoms with E-state index >= 15 is 0 Å². The SMILES string of the molecule is CN(C)CCNC(=O)c1ccc2onc(-c3coc(-c4ccc(F)cc4)n3)c2c1. The van der Waals surface area contributed by atoms with E-state index < -0.39 is 0 Å². The van der Waals surface area contributed by atoms with Gasteiger partial charge in [-0.05, 0) is 56.6 Å². The summed E-state index contributed by atoms with van der Waals surface area (Å²) in [5, 5.41) is 7.61. The number of likely N-dealkylation sites (N-methyl/N-ethyl adjacent to an activating group) is 1. The van der Waals surface area contributed by atoms with Crippen molar-refractivity contribution in [1.82, 2.24) is 20.4 Å². The van der Waals surface area contributed by atoms with Gasteiger partial charge >= 0.3 is 0 Å². The lowest BCUT2D eigenvalue weighted by atomic mass is 10.1. The monoisotopic (exact) mass is 394 g/mol.